The number of benzene rings is 2. The standard InChI is InChI=1S/C19H12Cl2F3NO2/c1-10-2-3-14(15-4-5-26-17(10)15)16-9-18(27-25-16,19(22,23)24)11-6-12(20)8-13(21)7-11/h2-8H,9H2,1H3. The van der Waals surface area contributed by atoms with Crippen molar-refractivity contribution in [3.8, 4) is 0 Å². The average Bonchev–Trinajstić information content (AvgIpc) is 3.22. The molecule has 0 bridgehead atoms. The van der Waals surface area contributed by atoms with E-state index in [2.05, 4.69) is 5.16 Å². The number of furan rings is 1. The van der Waals surface area contributed by atoms with Crippen LogP contribution in [0.15, 0.2) is 52.2 Å². The lowest BCUT2D eigenvalue weighted by Crippen LogP contribution is -2.42. The Hall–Kier alpha value is -2.18. The number of nitrogens with zero attached hydrogens (tertiary/aromatic N) is 1. The van der Waals surface area contributed by atoms with Crippen LogP contribution >= 0.6 is 23.2 Å². The van der Waals surface area contributed by atoms with Gasteiger partial charge in [-0.1, -0.05) is 40.5 Å². The van der Waals surface area contributed by atoms with E-state index in [1.165, 1.54) is 24.5 Å². The predicted molar refractivity (Wildman–Crippen MR) is 97.4 cm³/mol. The van der Waals surface area contributed by atoms with Gasteiger partial charge < -0.3 is 9.25 Å². The van der Waals surface area contributed by atoms with Crippen molar-refractivity contribution in [3.63, 3.8) is 0 Å². The van der Waals surface area contributed by atoms with Gasteiger partial charge in [0.2, 0.25) is 0 Å². The topological polar surface area (TPSA) is 34.7 Å². The number of fused-ring (bicyclic) bond motifs is 1. The molecule has 0 radical (unpaired) electrons. The largest absolute Gasteiger partial charge is 0.464 e. The summed E-state index contributed by atoms with van der Waals surface area (Å²) in [6.45, 7) is 1.86. The molecule has 4 rings (SSSR count). The Morgan fingerprint density at radius 1 is 1.07 bits per heavy atom. The molecule has 0 saturated heterocycles. The maximum Gasteiger partial charge on any atom is 0.435 e. The van der Waals surface area contributed by atoms with E-state index in [1.54, 1.807) is 18.2 Å². The highest BCUT2D eigenvalue weighted by molar-refractivity contribution is 6.34. The van der Waals surface area contributed by atoms with E-state index in [0.29, 0.717) is 16.5 Å². The van der Waals surface area contributed by atoms with Crippen LogP contribution < -0.4 is 0 Å². The molecule has 8 heteroatoms. The van der Waals surface area contributed by atoms with Crippen molar-refractivity contribution >= 4 is 39.9 Å². The number of oxime groups is 1. The summed E-state index contributed by atoms with van der Waals surface area (Å²) < 4.78 is 47.6. The third-order valence-corrected chi connectivity index (χ3v) is 5.08. The first-order valence-corrected chi connectivity index (χ1v) is 8.72. The Bertz CT molecular complexity index is 1050. The third kappa shape index (κ3) is 2.87. The molecule has 140 valence electrons. The predicted octanol–water partition coefficient (Wildman–Crippen LogP) is 6.63. The summed E-state index contributed by atoms with van der Waals surface area (Å²) in [5, 5.41) is 4.65. The van der Waals surface area contributed by atoms with Gasteiger partial charge in [-0.15, -0.1) is 0 Å². The molecule has 3 aromatic rings. The van der Waals surface area contributed by atoms with Crippen molar-refractivity contribution in [2.45, 2.75) is 25.1 Å². The number of alkyl halides is 3. The maximum atomic E-state index is 14.1. The average molecular weight is 414 g/mol. The van der Waals surface area contributed by atoms with Gasteiger partial charge in [0.05, 0.1) is 12.0 Å². The zero-order valence-corrected chi connectivity index (χ0v) is 15.4. The SMILES string of the molecule is Cc1ccc(C2=NOC(c3cc(Cl)cc(Cl)c3)(C(F)(F)F)C2)c2ccoc12. The van der Waals surface area contributed by atoms with Crippen LogP contribution in [0.5, 0.6) is 0 Å². The number of hydrogen-bond donors (Lipinski definition) is 0. The van der Waals surface area contributed by atoms with Crippen LogP contribution in [-0.2, 0) is 10.4 Å². The summed E-state index contributed by atoms with van der Waals surface area (Å²) in [6.07, 6.45) is -3.74. The van der Waals surface area contributed by atoms with E-state index < -0.39 is 18.2 Å². The minimum Gasteiger partial charge on any atom is -0.464 e. The molecule has 0 saturated carbocycles. The molecule has 0 amide bonds. The molecule has 0 aliphatic carbocycles. The van der Waals surface area contributed by atoms with E-state index in [0.717, 1.165) is 5.56 Å². The van der Waals surface area contributed by atoms with Crippen molar-refractivity contribution in [2.24, 2.45) is 5.16 Å². The van der Waals surface area contributed by atoms with Crippen molar-refractivity contribution < 1.29 is 22.4 Å². The first kappa shape index (κ1) is 18.2. The minimum absolute atomic E-state index is 0.0886. The fourth-order valence-electron chi connectivity index (χ4n) is 3.29. The molecule has 0 spiro atoms. The second-order valence-electron chi connectivity index (χ2n) is 6.38. The molecular formula is C19H12Cl2F3NO2. The summed E-state index contributed by atoms with van der Waals surface area (Å²) >= 11 is 11.8. The molecule has 2 aromatic carbocycles. The molecule has 1 aliphatic heterocycles. The summed E-state index contributed by atoms with van der Waals surface area (Å²) in [5.41, 5.74) is -0.662. The minimum atomic E-state index is -4.73. The Balaban J connectivity index is 1.82. The second-order valence-corrected chi connectivity index (χ2v) is 7.26. The lowest BCUT2D eigenvalue weighted by atomic mass is 9.86. The Morgan fingerprint density at radius 3 is 2.44 bits per heavy atom. The summed E-state index contributed by atoms with van der Waals surface area (Å²) in [7, 11) is 0. The summed E-state index contributed by atoms with van der Waals surface area (Å²) in [5.74, 6) is 0. The Morgan fingerprint density at radius 2 is 1.78 bits per heavy atom. The van der Waals surface area contributed by atoms with E-state index in [1.807, 2.05) is 6.92 Å². The molecule has 1 atom stereocenters. The van der Waals surface area contributed by atoms with Gasteiger partial charge in [0.1, 0.15) is 5.58 Å². The Labute approximate surface area is 162 Å². The van der Waals surface area contributed by atoms with Crippen LogP contribution in [-0.4, -0.2) is 11.9 Å². The van der Waals surface area contributed by atoms with Crippen molar-refractivity contribution in [1.82, 2.24) is 0 Å². The highest BCUT2D eigenvalue weighted by Gasteiger charge is 2.62. The quantitative estimate of drug-likeness (QED) is 0.472. The molecule has 1 aliphatic rings. The highest BCUT2D eigenvalue weighted by atomic mass is 35.5. The van der Waals surface area contributed by atoms with Gasteiger partial charge in [0, 0.05) is 33.0 Å². The van der Waals surface area contributed by atoms with Gasteiger partial charge >= 0.3 is 6.18 Å². The molecule has 0 fully saturated rings. The number of aryl methyl sites for hydroxylation is 1. The fraction of sp³-hybridized carbons (Fsp3) is 0.211. The van der Waals surface area contributed by atoms with Crippen LogP contribution in [0, 0.1) is 6.92 Å². The zero-order chi connectivity index (χ0) is 19.4. The molecule has 1 unspecified atom stereocenters. The van der Waals surface area contributed by atoms with Gasteiger partial charge in [-0.25, -0.2) is 0 Å². The third-order valence-electron chi connectivity index (χ3n) is 4.64. The first-order valence-electron chi connectivity index (χ1n) is 7.97. The Kier molecular flexibility index (Phi) is 4.16. The van der Waals surface area contributed by atoms with Crippen molar-refractivity contribution in [2.75, 3.05) is 0 Å². The van der Waals surface area contributed by atoms with Crippen LogP contribution in [0.4, 0.5) is 13.2 Å². The van der Waals surface area contributed by atoms with Crippen molar-refractivity contribution in [1.29, 1.82) is 0 Å². The summed E-state index contributed by atoms with van der Waals surface area (Å²) in [4.78, 5) is 5.04. The smallest absolute Gasteiger partial charge is 0.435 e. The van der Waals surface area contributed by atoms with Gasteiger partial charge in [-0.3, -0.25) is 0 Å². The fourth-order valence-corrected chi connectivity index (χ4v) is 3.81. The zero-order valence-electron chi connectivity index (χ0n) is 13.9. The molecule has 3 nitrogen and oxygen atoms in total. The molecular weight excluding hydrogens is 402 g/mol. The van der Waals surface area contributed by atoms with E-state index in [-0.39, 0.29) is 21.3 Å². The van der Waals surface area contributed by atoms with E-state index >= 15 is 0 Å². The lowest BCUT2D eigenvalue weighted by Gasteiger charge is -2.29. The molecule has 1 aromatic heterocycles. The van der Waals surface area contributed by atoms with Gasteiger partial charge in [-0.05, 0) is 36.8 Å². The van der Waals surface area contributed by atoms with E-state index in [9.17, 15) is 13.2 Å². The number of halogens is 5. The second kappa shape index (κ2) is 6.17. The molecule has 27 heavy (non-hydrogen) atoms. The van der Waals surface area contributed by atoms with Crippen LogP contribution in [0.3, 0.4) is 0 Å². The van der Waals surface area contributed by atoms with Gasteiger partial charge in [0.15, 0.2) is 0 Å². The number of rotatable bonds is 2. The molecule has 0 N–H and O–H groups in total. The van der Waals surface area contributed by atoms with Crippen LogP contribution in [0.1, 0.15) is 23.1 Å². The lowest BCUT2D eigenvalue weighted by molar-refractivity contribution is -0.275. The van der Waals surface area contributed by atoms with Crippen LogP contribution in [0.25, 0.3) is 11.0 Å². The van der Waals surface area contributed by atoms with Crippen molar-refractivity contribution in [3.05, 3.63) is 69.4 Å². The normalized spacial score (nSPS) is 20.0. The maximum absolute atomic E-state index is 14.1. The monoisotopic (exact) mass is 413 g/mol. The van der Waals surface area contributed by atoms with Gasteiger partial charge in [0.25, 0.3) is 5.60 Å². The summed E-state index contributed by atoms with van der Waals surface area (Å²) in [6, 6.07) is 8.94. The molecule has 2 heterocycles. The number of hydrogen-bond acceptors (Lipinski definition) is 3. The highest BCUT2D eigenvalue weighted by Crippen LogP contribution is 2.50. The van der Waals surface area contributed by atoms with E-state index in [4.69, 9.17) is 32.5 Å². The van der Waals surface area contributed by atoms with Crippen LogP contribution in [0.2, 0.25) is 10.0 Å². The van der Waals surface area contributed by atoms with Gasteiger partial charge in [-0.2, -0.15) is 13.2 Å². The first-order chi connectivity index (χ1) is 12.7.